The quantitative estimate of drug-likeness (QED) is 0.722. The topological polar surface area (TPSA) is 9.23 Å². The maximum absolute atomic E-state index is 13.1. The lowest BCUT2D eigenvalue weighted by Gasteiger charge is -2.06. The Balaban J connectivity index is 3.42. The van der Waals surface area contributed by atoms with Gasteiger partial charge in [0.05, 0.1) is 16.1 Å². The summed E-state index contributed by atoms with van der Waals surface area (Å²) in [6, 6.07) is 1.03. The summed E-state index contributed by atoms with van der Waals surface area (Å²) in [5.74, 6) is -1.33. The summed E-state index contributed by atoms with van der Waals surface area (Å²) in [6.07, 6.45) is 0. The highest BCUT2D eigenvalue weighted by atomic mass is 79.9. The first-order valence-corrected chi connectivity index (χ1v) is 4.53. The molecule has 1 nitrogen and oxygen atoms in total. The van der Waals surface area contributed by atoms with E-state index in [2.05, 4.69) is 36.6 Å². The van der Waals surface area contributed by atoms with Crippen molar-refractivity contribution in [2.75, 3.05) is 7.11 Å². The summed E-state index contributed by atoms with van der Waals surface area (Å²) in [5, 5.41) is 0. The Morgan fingerprint density at radius 3 is 2.42 bits per heavy atom. The molecule has 0 heterocycles. The van der Waals surface area contributed by atoms with E-state index in [0.29, 0.717) is 0 Å². The van der Waals surface area contributed by atoms with Gasteiger partial charge < -0.3 is 4.74 Å². The Bertz CT molecular complexity index is 289. The highest BCUT2D eigenvalue weighted by Crippen LogP contribution is 2.34. The molecule has 0 unspecified atom stereocenters. The van der Waals surface area contributed by atoms with Crippen LogP contribution in [0.25, 0.3) is 0 Å². The largest absolute Gasteiger partial charge is 0.492 e. The Morgan fingerprint density at radius 2 is 1.92 bits per heavy atom. The van der Waals surface area contributed by atoms with E-state index in [1.807, 2.05) is 0 Å². The van der Waals surface area contributed by atoms with E-state index in [-0.39, 0.29) is 14.7 Å². The molecule has 66 valence electrons. The van der Waals surface area contributed by atoms with Crippen LogP contribution in [0.3, 0.4) is 0 Å². The van der Waals surface area contributed by atoms with Gasteiger partial charge in [0.15, 0.2) is 11.6 Å². The van der Waals surface area contributed by atoms with Gasteiger partial charge in [-0.25, -0.2) is 8.78 Å². The van der Waals surface area contributed by atoms with Crippen LogP contribution in [0.15, 0.2) is 15.0 Å². The Kier molecular flexibility index (Phi) is 3.06. The van der Waals surface area contributed by atoms with Crippen LogP contribution < -0.4 is 4.74 Å². The Hall–Kier alpha value is -0.160. The maximum Gasteiger partial charge on any atom is 0.180 e. The lowest BCUT2D eigenvalue weighted by Crippen LogP contribution is -1.93. The minimum atomic E-state index is -0.620. The molecule has 1 rings (SSSR count). The van der Waals surface area contributed by atoms with Gasteiger partial charge in [0.1, 0.15) is 5.82 Å². The van der Waals surface area contributed by atoms with Crippen molar-refractivity contribution in [2.45, 2.75) is 0 Å². The molecule has 0 fully saturated rings. The van der Waals surface area contributed by atoms with E-state index >= 15 is 0 Å². The molecule has 0 aliphatic carbocycles. The first-order chi connectivity index (χ1) is 5.57. The van der Waals surface area contributed by atoms with Crippen LogP contribution in [0.5, 0.6) is 5.75 Å². The predicted molar refractivity (Wildman–Crippen MR) is 48.3 cm³/mol. The van der Waals surface area contributed by atoms with Gasteiger partial charge in [-0.1, -0.05) is 0 Å². The van der Waals surface area contributed by atoms with Crippen LogP contribution in [0.1, 0.15) is 0 Å². The third-order valence-corrected chi connectivity index (χ3v) is 2.59. The smallest absolute Gasteiger partial charge is 0.180 e. The molecular weight excluding hydrogens is 298 g/mol. The fourth-order valence-electron chi connectivity index (χ4n) is 0.730. The van der Waals surface area contributed by atoms with E-state index in [4.69, 9.17) is 0 Å². The highest BCUT2D eigenvalue weighted by Gasteiger charge is 2.15. The van der Waals surface area contributed by atoms with Crippen molar-refractivity contribution in [1.29, 1.82) is 0 Å². The molecule has 0 spiro atoms. The summed E-state index contributed by atoms with van der Waals surface area (Å²) >= 11 is 5.72. The SMILES string of the molecule is COc1c(F)c(Br)cc(F)c1Br. The second kappa shape index (κ2) is 3.70. The van der Waals surface area contributed by atoms with Crippen molar-refractivity contribution >= 4 is 31.9 Å². The van der Waals surface area contributed by atoms with Crippen molar-refractivity contribution in [1.82, 2.24) is 0 Å². The molecule has 0 aliphatic rings. The standard InChI is InChI=1S/C7H4Br2F2O/c1-12-7-5(9)4(10)2-3(8)6(7)11/h2H,1H3. The van der Waals surface area contributed by atoms with Gasteiger partial charge in [0.2, 0.25) is 0 Å². The number of ether oxygens (including phenoxy) is 1. The molecule has 1 aromatic rings. The minimum Gasteiger partial charge on any atom is -0.492 e. The normalized spacial score (nSPS) is 10.1. The van der Waals surface area contributed by atoms with Gasteiger partial charge in [-0.15, -0.1) is 0 Å². The molecule has 12 heavy (non-hydrogen) atoms. The fourth-order valence-corrected chi connectivity index (χ4v) is 1.56. The van der Waals surface area contributed by atoms with Crippen molar-refractivity contribution < 1.29 is 13.5 Å². The predicted octanol–water partition coefficient (Wildman–Crippen LogP) is 3.50. The summed E-state index contributed by atoms with van der Waals surface area (Å²) in [5.41, 5.74) is 0. The maximum atomic E-state index is 13.1. The van der Waals surface area contributed by atoms with E-state index < -0.39 is 11.6 Å². The first-order valence-electron chi connectivity index (χ1n) is 2.95. The zero-order valence-electron chi connectivity index (χ0n) is 6.00. The molecule has 0 amide bonds. The molecule has 0 aliphatic heterocycles. The number of benzene rings is 1. The third-order valence-electron chi connectivity index (χ3n) is 1.28. The van der Waals surface area contributed by atoms with E-state index in [1.54, 1.807) is 0 Å². The number of hydrogen-bond donors (Lipinski definition) is 0. The average molecular weight is 302 g/mol. The second-order valence-corrected chi connectivity index (χ2v) is 3.65. The van der Waals surface area contributed by atoms with Crippen molar-refractivity contribution in [2.24, 2.45) is 0 Å². The molecule has 0 N–H and O–H groups in total. The zero-order chi connectivity index (χ0) is 9.30. The van der Waals surface area contributed by atoms with Gasteiger partial charge in [0, 0.05) is 0 Å². The molecule has 0 atom stereocenters. The number of hydrogen-bond acceptors (Lipinski definition) is 1. The molecular formula is C7H4Br2F2O. The van der Waals surface area contributed by atoms with E-state index in [9.17, 15) is 8.78 Å². The second-order valence-electron chi connectivity index (χ2n) is 2.00. The van der Waals surface area contributed by atoms with Gasteiger partial charge in [-0.3, -0.25) is 0 Å². The van der Waals surface area contributed by atoms with Crippen LogP contribution in [-0.2, 0) is 0 Å². The molecule has 0 saturated carbocycles. The van der Waals surface area contributed by atoms with Crippen LogP contribution in [0.2, 0.25) is 0 Å². The molecule has 5 heteroatoms. The van der Waals surface area contributed by atoms with Crippen LogP contribution >= 0.6 is 31.9 Å². The molecule has 0 radical (unpaired) electrons. The zero-order valence-corrected chi connectivity index (χ0v) is 9.17. The van der Waals surface area contributed by atoms with Crippen LogP contribution in [0.4, 0.5) is 8.78 Å². The Morgan fingerprint density at radius 1 is 1.33 bits per heavy atom. The fraction of sp³-hybridized carbons (Fsp3) is 0.143. The van der Waals surface area contributed by atoms with Gasteiger partial charge in [-0.05, 0) is 37.9 Å². The molecule has 0 bridgehead atoms. The van der Waals surface area contributed by atoms with Crippen LogP contribution in [0, 0.1) is 11.6 Å². The number of rotatable bonds is 1. The van der Waals surface area contributed by atoms with Crippen molar-refractivity contribution in [3.05, 3.63) is 26.6 Å². The lowest BCUT2D eigenvalue weighted by molar-refractivity contribution is 0.377. The molecule has 0 saturated heterocycles. The third kappa shape index (κ3) is 1.61. The summed E-state index contributed by atoms with van der Waals surface area (Å²) < 4.78 is 30.6. The van der Waals surface area contributed by atoms with E-state index in [1.165, 1.54) is 7.11 Å². The van der Waals surface area contributed by atoms with Gasteiger partial charge >= 0.3 is 0 Å². The average Bonchev–Trinajstić information content (AvgIpc) is 2.02. The minimum absolute atomic E-state index is 0.00861. The lowest BCUT2D eigenvalue weighted by atomic mass is 10.3. The van der Waals surface area contributed by atoms with Crippen molar-refractivity contribution in [3.63, 3.8) is 0 Å². The molecule has 0 aromatic heterocycles. The number of halogens is 4. The number of methoxy groups -OCH3 is 1. The van der Waals surface area contributed by atoms with Crippen molar-refractivity contribution in [3.8, 4) is 5.75 Å². The van der Waals surface area contributed by atoms with Gasteiger partial charge in [0.25, 0.3) is 0 Å². The summed E-state index contributed by atoms with van der Waals surface area (Å²) in [7, 11) is 1.27. The highest BCUT2D eigenvalue weighted by molar-refractivity contribution is 9.11. The monoisotopic (exact) mass is 300 g/mol. The van der Waals surface area contributed by atoms with Gasteiger partial charge in [-0.2, -0.15) is 0 Å². The summed E-state index contributed by atoms with van der Waals surface area (Å²) in [6.45, 7) is 0. The first kappa shape index (κ1) is 9.92. The molecule has 1 aromatic carbocycles. The van der Waals surface area contributed by atoms with Crippen LogP contribution in [-0.4, -0.2) is 7.11 Å². The summed E-state index contributed by atoms with van der Waals surface area (Å²) in [4.78, 5) is 0. The van der Waals surface area contributed by atoms with E-state index in [0.717, 1.165) is 6.07 Å². The Labute approximate surface area is 85.0 Å².